The molecule has 0 radical (unpaired) electrons. The summed E-state index contributed by atoms with van der Waals surface area (Å²) in [4.78, 5) is 37.9. The fourth-order valence-corrected chi connectivity index (χ4v) is 2.97. The van der Waals surface area contributed by atoms with Crippen molar-refractivity contribution in [2.75, 3.05) is 6.54 Å². The Morgan fingerprint density at radius 1 is 1.29 bits per heavy atom. The first-order valence-electron chi connectivity index (χ1n) is 7.04. The Labute approximate surface area is 122 Å². The number of rotatable bonds is 2. The van der Waals surface area contributed by atoms with Gasteiger partial charge < -0.3 is 15.5 Å². The number of hydrogen-bond donors (Lipinski definition) is 2. The largest absolute Gasteiger partial charge is 0.347 e. The van der Waals surface area contributed by atoms with Crippen LogP contribution < -0.4 is 10.6 Å². The minimum absolute atomic E-state index is 0.0870. The molecule has 2 N–H and O–H groups in total. The molecule has 6 heteroatoms. The van der Waals surface area contributed by atoms with Crippen LogP contribution >= 0.6 is 0 Å². The summed E-state index contributed by atoms with van der Waals surface area (Å²) in [6, 6.07) is 7.42. The molecule has 0 aliphatic carbocycles. The third-order valence-corrected chi connectivity index (χ3v) is 4.03. The lowest BCUT2D eigenvalue weighted by Gasteiger charge is -2.35. The smallest absolute Gasteiger partial charge is 0.251 e. The molecule has 2 saturated heterocycles. The average Bonchev–Trinajstić information content (AvgIpc) is 2.90. The number of fused-ring (bicyclic) bond motifs is 1. The van der Waals surface area contributed by atoms with Gasteiger partial charge in [0.05, 0.1) is 6.04 Å². The van der Waals surface area contributed by atoms with Crippen LogP contribution in [0.5, 0.6) is 0 Å². The van der Waals surface area contributed by atoms with Crippen molar-refractivity contribution in [1.29, 1.82) is 0 Å². The van der Waals surface area contributed by atoms with E-state index in [1.807, 2.05) is 6.07 Å². The van der Waals surface area contributed by atoms with Gasteiger partial charge in [0.25, 0.3) is 5.91 Å². The molecule has 0 unspecified atom stereocenters. The lowest BCUT2D eigenvalue weighted by molar-refractivity contribution is -0.146. The summed E-state index contributed by atoms with van der Waals surface area (Å²) in [5.74, 6) is -0.504. The van der Waals surface area contributed by atoms with E-state index in [1.54, 1.807) is 36.1 Å². The van der Waals surface area contributed by atoms with Crippen LogP contribution in [-0.2, 0) is 9.59 Å². The van der Waals surface area contributed by atoms with Crippen LogP contribution in [0.25, 0.3) is 0 Å². The first kappa shape index (κ1) is 13.6. The molecule has 2 aliphatic rings. The van der Waals surface area contributed by atoms with Gasteiger partial charge in [-0.1, -0.05) is 18.2 Å². The monoisotopic (exact) mass is 287 g/mol. The van der Waals surface area contributed by atoms with Gasteiger partial charge in [0.15, 0.2) is 0 Å². The lowest BCUT2D eigenvalue weighted by Crippen LogP contribution is -2.64. The van der Waals surface area contributed by atoms with Gasteiger partial charge in [-0.05, 0) is 25.5 Å². The molecule has 110 valence electrons. The number of carbonyl (C=O) groups is 3. The summed E-state index contributed by atoms with van der Waals surface area (Å²) in [6.07, 6.45) is 0.592. The number of benzene rings is 1. The Morgan fingerprint density at radius 2 is 2.00 bits per heavy atom. The second kappa shape index (κ2) is 5.20. The minimum Gasteiger partial charge on any atom is -0.347 e. The first-order valence-corrected chi connectivity index (χ1v) is 7.04. The number of amides is 3. The highest BCUT2D eigenvalue weighted by atomic mass is 16.2. The summed E-state index contributed by atoms with van der Waals surface area (Å²) in [5, 5.41) is 5.53. The molecule has 1 aromatic rings. The SMILES string of the molecule is C[C@H]1NC(=O)[C@@H]2[C@@H](NC(=O)c3ccccc3)CCN2C1=O. The van der Waals surface area contributed by atoms with Crippen molar-refractivity contribution >= 4 is 17.7 Å². The van der Waals surface area contributed by atoms with Crippen molar-refractivity contribution in [2.45, 2.75) is 31.5 Å². The van der Waals surface area contributed by atoms with Gasteiger partial charge in [0, 0.05) is 12.1 Å². The molecular formula is C15H17N3O3. The van der Waals surface area contributed by atoms with E-state index in [-0.39, 0.29) is 23.8 Å². The predicted octanol–water partition coefficient (Wildman–Crippen LogP) is -0.0958. The molecule has 0 aromatic heterocycles. The van der Waals surface area contributed by atoms with E-state index in [1.165, 1.54) is 0 Å². The van der Waals surface area contributed by atoms with E-state index in [0.717, 1.165) is 0 Å². The second-order valence-corrected chi connectivity index (χ2v) is 5.44. The molecule has 3 amide bonds. The third-order valence-electron chi connectivity index (χ3n) is 4.03. The van der Waals surface area contributed by atoms with Gasteiger partial charge in [-0.3, -0.25) is 14.4 Å². The third kappa shape index (κ3) is 2.37. The summed E-state index contributed by atoms with van der Waals surface area (Å²) >= 11 is 0. The first-order chi connectivity index (χ1) is 10.1. The highest BCUT2D eigenvalue weighted by Crippen LogP contribution is 2.23. The maximum Gasteiger partial charge on any atom is 0.251 e. The van der Waals surface area contributed by atoms with Crippen molar-refractivity contribution in [3.63, 3.8) is 0 Å². The predicted molar refractivity (Wildman–Crippen MR) is 75.4 cm³/mol. The van der Waals surface area contributed by atoms with Gasteiger partial charge in [-0.2, -0.15) is 0 Å². The summed E-state index contributed by atoms with van der Waals surface area (Å²) in [7, 11) is 0. The zero-order chi connectivity index (χ0) is 15.0. The molecule has 2 heterocycles. The normalized spacial score (nSPS) is 28.0. The van der Waals surface area contributed by atoms with Crippen molar-refractivity contribution in [3.8, 4) is 0 Å². The molecule has 3 atom stereocenters. The average molecular weight is 287 g/mol. The van der Waals surface area contributed by atoms with Gasteiger partial charge in [0.2, 0.25) is 11.8 Å². The molecule has 1 aromatic carbocycles. The Hall–Kier alpha value is -2.37. The minimum atomic E-state index is -0.596. The van der Waals surface area contributed by atoms with Gasteiger partial charge in [-0.15, -0.1) is 0 Å². The topological polar surface area (TPSA) is 78.5 Å². The van der Waals surface area contributed by atoms with Crippen molar-refractivity contribution < 1.29 is 14.4 Å². The Morgan fingerprint density at radius 3 is 2.71 bits per heavy atom. The fraction of sp³-hybridized carbons (Fsp3) is 0.400. The zero-order valence-electron chi connectivity index (χ0n) is 11.7. The molecule has 0 bridgehead atoms. The maximum absolute atomic E-state index is 12.2. The number of piperazine rings is 1. The fourth-order valence-electron chi connectivity index (χ4n) is 2.97. The van der Waals surface area contributed by atoms with Crippen LogP contribution in [0.4, 0.5) is 0 Å². The summed E-state index contributed by atoms with van der Waals surface area (Å²) in [5.41, 5.74) is 0.548. The molecule has 6 nitrogen and oxygen atoms in total. The zero-order valence-corrected chi connectivity index (χ0v) is 11.7. The van der Waals surface area contributed by atoms with Crippen LogP contribution in [0.2, 0.25) is 0 Å². The maximum atomic E-state index is 12.2. The van der Waals surface area contributed by atoms with Crippen molar-refractivity contribution in [1.82, 2.24) is 15.5 Å². The lowest BCUT2D eigenvalue weighted by atomic mass is 10.0. The molecule has 2 aliphatic heterocycles. The molecule has 0 saturated carbocycles. The molecular weight excluding hydrogens is 270 g/mol. The van der Waals surface area contributed by atoms with Crippen molar-refractivity contribution in [3.05, 3.63) is 35.9 Å². The van der Waals surface area contributed by atoms with E-state index in [9.17, 15) is 14.4 Å². The van der Waals surface area contributed by atoms with E-state index < -0.39 is 12.1 Å². The number of hydrogen-bond acceptors (Lipinski definition) is 3. The highest BCUT2D eigenvalue weighted by Gasteiger charge is 2.47. The van der Waals surface area contributed by atoms with Crippen LogP contribution in [0.3, 0.4) is 0 Å². The highest BCUT2D eigenvalue weighted by molar-refractivity contribution is 5.99. The molecule has 21 heavy (non-hydrogen) atoms. The van der Waals surface area contributed by atoms with E-state index in [2.05, 4.69) is 10.6 Å². The van der Waals surface area contributed by atoms with Gasteiger partial charge >= 0.3 is 0 Å². The summed E-state index contributed by atoms with van der Waals surface area (Å²) < 4.78 is 0. The van der Waals surface area contributed by atoms with E-state index in [0.29, 0.717) is 18.5 Å². The van der Waals surface area contributed by atoms with Gasteiger partial charge in [0.1, 0.15) is 12.1 Å². The standard InChI is InChI=1S/C15H17N3O3/c1-9-15(21)18-8-7-11(12(18)14(20)16-9)17-13(19)10-5-3-2-4-6-10/h2-6,9,11-12H,7-8H2,1H3,(H,16,20)(H,17,19)/t9-,11+,12+/m1/s1. The van der Waals surface area contributed by atoms with E-state index in [4.69, 9.17) is 0 Å². The van der Waals surface area contributed by atoms with Crippen LogP contribution in [0.1, 0.15) is 23.7 Å². The van der Waals surface area contributed by atoms with Gasteiger partial charge in [-0.25, -0.2) is 0 Å². The van der Waals surface area contributed by atoms with Crippen LogP contribution in [-0.4, -0.2) is 47.3 Å². The van der Waals surface area contributed by atoms with Crippen LogP contribution in [0.15, 0.2) is 30.3 Å². The number of nitrogens with zero attached hydrogens (tertiary/aromatic N) is 1. The number of carbonyl (C=O) groups excluding carboxylic acids is 3. The molecule has 3 rings (SSSR count). The molecule has 0 spiro atoms. The van der Waals surface area contributed by atoms with E-state index >= 15 is 0 Å². The van der Waals surface area contributed by atoms with Crippen LogP contribution in [0, 0.1) is 0 Å². The van der Waals surface area contributed by atoms with Crippen molar-refractivity contribution in [2.24, 2.45) is 0 Å². The summed E-state index contributed by atoms with van der Waals surface area (Å²) in [6.45, 7) is 2.17. The Balaban J connectivity index is 1.74. The molecule has 2 fully saturated rings. The second-order valence-electron chi connectivity index (χ2n) is 5.44. The Kier molecular flexibility index (Phi) is 3.37. The Bertz CT molecular complexity index is 587. The number of nitrogens with one attached hydrogen (secondary N) is 2. The quantitative estimate of drug-likeness (QED) is 0.797.